The molecule has 100 valence electrons. The van der Waals surface area contributed by atoms with Gasteiger partial charge in [0.1, 0.15) is 11.6 Å². The van der Waals surface area contributed by atoms with Gasteiger partial charge in [0.15, 0.2) is 0 Å². The Balaban J connectivity index is 3.06. The second-order valence-electron chi connectivity index (χ2n) is 4.53. The van der Waals surface area contributed by atoms with E-state index in [9.17, 15) is 14.9 Å². The molecule has 1 heterocycles. The van der Waals surface area contributed by atoms with E-state index in [0.29, 0.717) is 0 Å². The van der Waals surface area contributed by atoms with E-state index >= 15 is 0 Å². The van der Waals surface area contributed by atoms with E-state index in [1.807, 2.05) is 0 Å². The summed E-state index contributed by atoms with van der Waals surface area (Å²) >= 11 is 0. The Morgan fingerprint density at radius 1 is 1.68 bits per heavy atom. The summed E-state index contributed by atoms with van der Waals surface area (Å²) in [7, 11) is 0. The summed E-state index contributed by atoms with van der Waals surface area (Å²) in [5.41, 5.74) is 3.80. The quantitative estimate of drug-likeness (QED) is 0.595. The Morgan fingerprint density at radius 3 is 2.79 bits per heavy atom. The van der Waals surface area contributed by atoms with Crippen molar-refractivity contribution in [1.29, 1.82) is 5.26 Å². The first-order valence-electron chi connectivity index (χ1n) is 5.37. The molecule has 0 aliphatic heterocycles. The highest BCUT2D eigenvalue weighted by molar-refractivity contribution is 5.80. The number of nitrogens with one attached hydrogen (secondary N) is 1. The fourth-order valence-corrected chi connectivity index (χ4v) is 1.25. The van der Waals surface area contributed by atoms with Gasteiger partial charge >= 0.3 is 5.69 Å². The number of hydrogen-bond donors (Lipinski definition) is 2. The Hall–Kier alpha value is -2.69. The Kier molecular flexibility index (Phi) is 4.01. The zero-order chi connectivity index (χ0) is 14.6. The predicted octanol–water partition coefficient (Wildman–Crippen LogP) is 0.785. The summed E-state index contributed by atoms with van der Waals surface area (Å²) < 4.78 is 0. The minimum atomic E-state index is -0.891. The molecule has 0 spiro atoms. The number of carbonyl (C=O) groups is 1. The zero-order valence-corrected chi connectivity index (χ0v) is 10.5. The summed E-state index contributed by atoms with van der Waals surface area (Å²) in [6, 6.07) is 2.98. The second kappa shape index (κ2) is 5.30. The van der Waals surface area contributed by atoms with Crippen LogP contribution in [0.1, 0.15) is 19.4 Å². The first kappa shape index (κ1) is 14.4. The number of primary amides is 1. The third-order valence-electron chi connectivity index (χ3n) is 2.59. The number of rotatable bonds is 5. The smallest absolute Gasteiger partial charge is 0.328 e. The zero-order valence-electron chi connectivity index (χ0n) is 10.5. The van der Waals surface area contributed by atoms with Crippen LogP contribution in [-0.4, -0.2) is 22.4 Å². The molecule has 1 aromatic rings. The number of nitriles is 1. The molecule has 0 aromatic carbocycles. The van der Waals surface area contributed by atoms with Crippen LogP contribution in [0.25, 0.3) is 0 Å². The van der Waals surface area contributed by atoms with Gasteiger partial charge in [-0.2, -0.15) is 5.26 Å². The molecule has 8 nitrogen and oxygen atoms in total. The molecule has 0 saturated heterocycles. The molecule has 0 unspecified atom stereocenters. The third-order valence-corrected chi connectivity index (χ3v) is 2.59. The SMILES string of the molecule is CC(C)(CNc1nccc(C#N)c1[N+](=O)[O-])C(N)=O. The number of nitrogens with zero attached hydrogens (tertiary/aromatic N) is 3. The number of aromatic nitrogens is 1. The summed E-state index contributed by atoms with van der Waals surface area (Å²) in [5.74, 6) is -0.600. The van der Waals surface area contributed by atoms with Gasteiger partial charge in [0.2, 0.25) is 11.7 Å². The minimum Gasteiger partial charge on any atom is -0.369 e. The molecule has 3 N–H and O–H groups in total. The monoisotopic (exact) mass is 263 g/mol. The fourth-order valence-electron chi connectivity index (χ4n) is 1.25. The van der Waals surface area contributed by atoms with Gasteiger partial charge in [-0.25, -0.2) is 4.98 Å². The third kappa shape index (κ3) is 3.16. The summed E-state index contributed by atoms with van der Waals surface area (Å²) in [6.07, 6.45) is 1.28. The van der Waals surface area contributed by atoms with Crippen molar-refractivity contribution in [3.05, 3.63) is 27.9 Å². The summed E-state index contributed by atoms with van der Waals surface area (Å²) in [4.78, 5) is 25.2. The number of pyridine rings is 1. The second-order valence-corrected chi connectivity index (χ2v) is 4.53. The van der Waals surface area contributed by atoms with Crippen LogP contribution < -0.4 is 11.1 Å². The number of anilines is 1. The van der Waals surface area contributed by atoms with E-state index in [0.717, 1.165) is 0 Å². The highest BCUT2D eigenvalue weighted by Crippen LogP contribution is 2.26. The van der Waals surface area contributed by atoms with Crippen LogP contribution in [0.5, 0.6) is 0 Å². The molecule has 1 rings (SSSR count). The Bertz CT molecular complexity index is 562. The number of nitrogens with two attached hydrogens (primary N) is 1. The molecule has 0 radical (unpaired) electrons. The lowest BCUT2D eigenvalue weighted by Crippen LogP contribution is -2.37. The molecule has 19 heavy (non-hydrogen) atoms. The molecule has 0 bridgehead atoms. The highest BCUT2D eigenvalue weighted by Gasteiger charge is 2.27. The Labute approximate surface area is 109 Å². The molecule has 8 heteroatoms. The van der Waals surface area contributed by atoms with E-state index in [4.69, 9.17) is 11.0 Å². The van der Waals surface area contributed by atoms with Crippen molar-refractivity contribution in [3.8, 4) is 6.07 Å². The van der Waals surface area contributed by atoms with Crippen molar-refractivity contribution in [2.75, 3.05) is 11.9 Å². The maximum atomic E-state index is 11.2. The number of hydrogen-bond acceptors (Lipinski definition) is 6. The van der Waals surface area contributed by atoms with Gasteiger partial charge < -0.3 is 11.1 Å². The fraction of sp³-hybridized carbons (Fsp3) is 0.364. The van der Waals surface area contributed by atoms with Crippen molar-refractivity contribution in [2.45, 2.75) is 13.8 Å². The first-order valence-corrected chi connectivity index (χ1v) is 5.37. The summed E-state index contributed by atoms with van der Waals surface area (Å²) in [5, 5.41) is 22.5. The standard InChI is InChI=1S/C11H13N5O3/c1-11(2,10(13)17)6-15-9-8(16(18)19)7(5-12)3-4-14-9/h3-4H,6H2,1-2H3,(H2,13,17)(H,14,15). The van der Waals surface area contributed by atoms with E-state index < -0.39 is 21.9 Å². The van der Waals surface area contributed by atoms with Gasteiger partial charge in [-0.05, 0) is 19.9 Å². The molecule has 0 saturated carbocycles. The normalized spacial score (nSPS) is 10.6. The van der Waals surface area contributed by atoms with Gasteiger partial charge in [0.05, 0.1) is 10.3 Å². The lowest BCUT2D eigenvalue weighted by Gasteiger charge is -2.20. The van der Waals surface area contributed by atoms with Gasteiger partial charge in [-0.15, -0.1) is 0 Å². The topological polar surface area (TPSA) is 135 Å². The lowest BCUT2D eigenvalue weighted by molar-refractivity contribution is -0.384. The molecule has 0 aliphatic carbocycles. The van der Waals surface area contributed by atoms with E-state index in [2.05, 4.69) is 10.3 Å². The van der Waals surface area contributed by atoms with Gasteiger partial charge in [0.25, 0.3) is 0 Å². The van der Waals surface area contributed by atoms with Gasteiger partial charge in [-0.1, -0.05) is 0 Å². The largest absolute Gasteiger partial charge is 0.369 e. The molecule has 0 fully saturated rings. The van der Waals surface area contributed by atoms with Gasteiger partial charge in [0, 0.05) is 12.7 Å². The molecule has 0 atom stereocenters. The maximum Gasteiger partial charge on any atom is 0.328 e. The molecular weight excluding hydrogens is 250 g/mol. The van der Waals surface area contributed by atoms with Crippen LogP contribution in [0.15, 0.2) is 12.3 Å². The van der Waals surface area contributed by atoms with Crippen LogP contribution in [0.2, 0.25) is 0 Å². The predicted molar refractivity (Wildman–Crippen MR) is 67.1 cm³/mol. The lowest BCUT2D eigenvalue weighted by atomic mass is 9.93. The minimum absolute atomic E-state index is 0.0571. The number of amides is 1. The van der Waals surface area contributed by atoms with Crippen molar-refractivity contribution < 1.29 is 9.72 Å². The van der Waals surface area contributed by atoms with E-state index in [1.165, 1.54) is 12.3 Å². The van der Waals surface area contributed by atoms with Crippen LogP contribution in [-0.2, 0) is 4.79 Å². The molecule has 0 aliphatic rings. The maximum absolute atomic E-state index is 11.2. The highest BCUT2D eigenvalue weighted by atomic mass is 16.6. The Morgan fingerprint density at radius 2 is 2.32 bits per heavy atom. The van der Waals surface area contributed by atoms with Crippen molar-refractivity contribution >= 4 is 17.4 Å². The first-order chi connectivity index (χ1) is 8.79. The van der Waals surface area contributed by atoms with Gasteiger partial charge in [-0.3, -0.25) is 14.9 Å². The van der Waals surface area contributed by atoms with Crippen LogP contribution in [0.3, 0.4) is 0 Å². The molecule has 1 aromatic heterocycles. The molecular formula is C11H13N5O3. The van der Waals surface area contributed by atoms with Crippen LogP contribution in [0, 0.1) is 26.9 Å². The average Bonchev–Trinajstić information content (AvgIpc) is 2.35. The number of carbonyl (C=O) groups excluding carboxylic acids is 1. The summed E-state index contributed by atoms with van der Waals surface area (Å²) in [6.45, 7) is 3.27. The van der Waals surface area contributed by atoms with Crippen LogP contribution in [0.4, 0.5) is 11.5 Å². The van der Waals surface area contributed by atoms with Crippen molar-refractivity contribution in [3.63, 3.8) is 0 Å². The van der Waals surface area contributed by atoms with E-state index in [1.54, 1.807) is 19.9 Å². The van der Waals surface area contributed by atoms with Crippen molar-refractivity contribution in [1.82, 2.24) is 4.98 Å². The van der Waals surface area contributed by atoms with Crippen molar-refractivity contribution in [2.24, 2.45) is 11.1 Å². The average molecular weight is 263 g/mol. The molecule has 1 amide bonds. The number of nitro groups is 1. The van der Waals surface area contributed by atoms with Crippen LogP contribution >= 0.6 is 0 Å². The van der Waals surface area contributed by atoms with E-state index in [-0.39, 0.29) is 17.9 Å².